The summed E-state index contributed by atoms with van der Waals surface area (Å²) in [6.07, 6.45) is 2.78. The summed E-state index contributed by atoms with van der Waals surface area (Å²) < 4.78 is 4.97. The van der Waals surface area contributed by atoms with Gasteiger partial charge in [-0.2, -0.15) is 0 Å². The Bertz CT molecular complexity index is 938. The summed E-state index contributed by atoms with van der Waals surface area (Å²) in [5.41, 5.74) is 3.41. The van der Waals surface area contributed by atoms with E-state index in [1.807, 2.05) is 6.07 Å². The van der Waals surface area contributed by atoms with Crippen LogP contribution in [0.4, 0.5) is 10.5 Å². The molecule has 1 aromatic rings. The zero-order chi connectivity index (χ0) is 23.1. The molecule has 0 N–H and O–H groups in total. The van der Waals surface area contributed by atoms with Crippen LogP contribution in [0, 0.1) is 0 Å². The fourth-order valence-corrected chi connectivity index (χ4v) is 5.78. The van der Waals surface area contributed by atoms with Crippen LogP contribution in [0.25, 0.3) is 6.08 Å². The molecule has 0 unspecified atom stereocenters. The first-order valence-corrected chi connectivity index (χ1v) is 11.7. The molecule has 1 saturated heterocycles. The average Bonchev–Trinajstić information content (AvgIpc) is 2.94. The minimum absolute atomic E-state index is 0.0635. The Kier molecular flexibility index (Phi) is 6.56. The first kappa shape index (κ1) is 23.4. The van der Waals surface area contributed by atoms with Gasteiger partial charge in [0.1, 0.15) is 6.04 Å². The fraction of sp³-hybridized carbons (Fsp3) is 0.542. The molecule has 0 saturated carbocycles. The van der Waals surface area contributed by atoms with Gasteiger partial charge in [0.15, 0.2) is 0 Å². The fourth-order valence-electron chi connectivity index (χ4n) is 4.87. The summed E-state index contributed by atoms with van der Waals surface area (Å²) >= 11 is 0.864. The van der Waals surface area contributed by atoms with Crippen molar-refractivity contribution in [1.29, 1.82) is 0 Å². The summed E-state index contributed by atoms with van der Waals surface area (Å²) in [4.78, 5) is 41.1. The maximum Gasteiger partial charge on any atom is 0.329 e. The van der Waals surface area contributed by atoms with Gasteiger partial charge in [-0.25, -0.2) is 4.79 Å². The number of hydrogen-bond acceptors (Lipinski definition) is 6. The first-order chi connectivity index (χ1) is 14.5. The van der Waals surface area contributed by atoms with Crippen molar-refractivity contribution in [1.82, 2.24) is 4.90 Å². The Hall–Kier alpha value is -2.28. The van der Waals surface area contributed by atoms with E-state index in [1.165, 1.54) is 18.2 Å². The van der Waals surface area contributed by atoms with Gasteiger partial charge in [0, 0.05) is 17.3 Å². The Labute approximate surface area is 189 Å². The lowest BCUT2D eigenvalue weighted by atomic mass is 9.79. The molecule has 7 heteroatoms. The number of nitrogens with zero attached hydrogens (tertiary/aromatic N) is 2. The quantitative estimate of drug-likeness (QED) is 0.461. The molecule has 0 spiro atoms. The molecule has 168 valence electrons. The van der Waals surface area contributed by atoms with Crippen LogP contribution in [-0.2, 0) is 14.3 Å². The second-order valence-electron chi connectivity index (χ2n) is 9.18. The number of esters is 1. The molecule has 3 rings (SSSR count). The minimum Gasteiger partial charge on any atom is -0.464 e. The molecule has 6 nitrogen and oxygen atoms in total. The maximum absolute atomic E-state index is 12.9. The molecule has 0 aromatic heterocycles. The third-order valence-corrected chi connectivity index (χ3v) is 6.84. The number of imide groups is 1. The third-order valence-electron chi connectivity index (χ3n) is 5.95. The Balaban J connectivity index is 1.92. The number of thioether (sulfide) groups is 1. The van der Waals surface area contributed by atoms with Crippen LogP contribution in [0.3, 0.4) is 0 Å². The molecule has 0 radical (unpaired) electrons. The zero-order valence-electron chi connectivity index (χ0n) is 19.4. The SMILES string of the molecule is CCOC(=O)[C@@H](C)N1C(=O)S/C(=C/c2ccc3c(c2)[C@H](C)CC(C)(C)N3C(C)C)C1=O. The lowest BCUT2D eigenvalue weighted by Gasteiger charge is -2.50. The highest BCUT2D eigenvalue weighted by molar-refractivity contribution is 8.18. The molecule has 2 aliphatic heterocycles. The number of rotatable bonds is 5. The van der Waals surface area contributed by atoms with Crippen molar-refractivity contribution in [2.45, 2.75) is 78.4 Å². The van der Waals surface area contributed by atoms with E-state index in [9.17, 15) is 14.4 Å². The highest BCUT2D eigenvalue weighted by atomic mass is 32.2. The first-order valence-electron chi connectivity index (χ1n) is 10.8. The topological polar surface area (TPSA) is 66.9 Å². The van der Waals surface area contributed by atoms with Gasteiger partial charge >= 0.3 is 5.97 Å². The number of hydrogen-bond donors (Lipinski definition) is 0. The molecule has 0 bridgehead atoms. The number of anilines is 1. The summed E-state index contributed by atoms with van der Waals surface area (Å²) in [7, 11) is 0. The van der Waals surface area contributed by atoms with E-state index < -0.39 is 23.2 Å². The van der Waals surface area contributed by atoms with E-state index in [0.717, 1.165) is 28.6 Å². The van der Waals surface area contributed by atoms with Crippen LogP contribution in [0.1, 0.15) is 71.9 Å². The van der Waals surface area contributed by atoms with Gasteiger partial charge in [0.2, 0.25) is 0 Å². The van der Waals surface area contributed by atoms with E-state index in [4.69, 9.17) is 4.74 Å². The van der Waals surface area contributed by atoms with Crippen LogP contribution < -0.4 is 4.90 Å². The predicted octanol–water partition coefficient (Wildman–Crippen LogP) is 5.18. The van der Waals surface area contributed by atoms with Crippen LogP contribution in [0.15, 0.2) is 23.1 Å². The second-order valence-corrected chi connectivity index (χ2v) is 10.2. The van der Waals surface area contributed by atoms with Crippen molar-refractivity contribution in [3.63, 3.8) is 0 Å². The van der Waals surface area contributed by atoms with Crippen molar-refractivity contribution in [2.75, 3.05) is 11.5 Å². The van der Waals surface area contributed by atoms with Gasteiger partial charge in [0.25, 0.3) is 11.1 Å². The van der Waals surface area contributed by atoms with Crippen molar-refractivity contribution in [2.24, 2.45) is 0 Å². The van der Waals surface area contributed by atoms with Crippen LogP contribution in [-0.4, -0.2) is 46.2 Å². The summed E-state index contributed by atoms with van der Waals surface area (Å²) in [6, 6.07) is 5.65. The van der Waals surface area contributed by atoms with Gasteiger partial charge in [-0.3, -0.25) is 14.5 Å². The Morgan fingerprint density at radius 3 is 2.58 bits per heavy atom. The van der Waals surface area contributed by atoms with Crippen LogP contribution >= 0.6 is 11.8 Å². The molecule has 2 amide bonds. The van der Waals surface area contributed by atoms with Gasteiger partial charge in [0.05, 0.1) is 11.5 Å². The molecular weight excluding hydrogens is 412 g/mol. The molecule has 1 fully saturated rings. The molecule has 0 aliphatic carbocycles. The van der Waals surface area contributed by atoms with Crippen molar-refractivity contribution >= 4 is 40.6 Å². The number of fused-ring (bicyclic) bond motifs is 1. The highest BCUT2D eigenvalue weighted by Crippen LogP contribution is 2.45. The van der Waals surface area contributed by atoms with Crippen LogP contribution in [0.2, 0.25) is 0 Å². The number of carbonyl (C=O) groups is 3. The number of benzene rings is 1. The number of carbonyl (C=O) groups excluding carboxylic acids is 3. The summed E-state index contributed by atoms with van der Waals surface area (Å²) in [5, 5.41) is -0.448. The van der Waals surface area contributed by atoms with E-state index in [0.29, 0.717) is 16.9 Å². The lowest BCUT2D eigenvalue weighted by Crippen LogP contribution is -2.51. The largest absolute Gasteiger partial charge is 0.464 e. The van der Waals surface area contributed by atoms with Gasteiger partial charge in [-0.05, 0) is 95.0 Å². The monoisotopic (exact) mass is 444 g/mol. The van der Waals surface area contributed by atoms with E-state index in [1.54, 1.807) is 13.0 Å². The number of amides is 2. The molecule has 2 heterocycles. The highest BCUT2D eigenvalue weighted by Gasteiger charge is 2.42. The molecular formula is C24H32N2O4S. The lowest BCUT2D eigenvalue weighted by molar-refractivity contribution is -0.150. The summed E-state index contributed by atoms with van der Waals surface area (Å²) in [5.74, 6) is -0.649. The van der Waals surface area contributed by atoms with Crippen molar-refractivity contribution < 1.29 is 19.1 Å². The second kappa shape index (κ2) is 8.69. The van der Waals surface area contributed by atoms with Gasteiger partial charge in [-0.15, -0.1) is 0 Å². The predicted molar refractivity (Wildman–Crippen MR) is 125 cm³/mol. The standard InChI is InChI=1S/C24H32N2O4S/c1-8-30-22(28)16(5)25-21(27)20(31-23(25)29)12-17-9-10-19-18(11-17)15(4)13-24(6,7)26(19)14(2)3/h9-12,14-16H,8,13H2,1-7H3/b20-12+/t15-,16-/m1/s1. The maximum atomic E-state index is 12.9. The van der Waals surface area contributed by atoms with E-state index >= 15 is 0 Å². The van der Waals surface area contributed by atoms with Crippen molar-refractivity contribution in [3.05, 3.63) is 34.2 Å². The summed E-state index contributed by atoms with van der Waals surface area (Å²) in [6.45, 7) is 14.6. The number of ether oxygens (including phenoxy) is 1. The van der Waals surface area contributed by atoms with E-state index in [-0.39, 0.29) is 12.1 Å². The normalized spacial score (nSPS) is 22.8. The molecule has 2 atom stereocenters. The van der Waals surface area contributed by atoms with Gasteiger partial charge in [-0.1, -0.05) is 13.0 Å². The molecule has 31 heavy (non-hydrogen) atoms. The van der Waals surface area contributed by atoms with Crippen LogP contribution in [0.5, 0.6) is 0 Å². The van der Waals surface area contributed by atoms with Crippen molar-refractivity contribution in [3.8, 4) is 0 Å². The molecule has 2 aliphatic rings. The third kappa shape index (κ3) is 4.38. The Morgan fingerprint density at radius 1 is 1.29 bits per heavy atom. The minimum atomic E-state index is -0.941. The average molecular weight is 445 g/mol. The smallest absolute Gasteiger partial charge is 0.329 e. The van der Waals surface area contributed by atoms with E-state index in [2.05, 4.69) is 51.7 Å². The zero-order valence-corrected chi connectivity index (χ0v) is 20.2. The molecule has 1 aromatic carbocycles. The van der Waals surface area contributed by atoms with Gasteiger partial charge < -0.3 is 9.64 Å². The Morgan fingerprint density at radius 2 is 1.97 bits per heavy atom.